The number of fused-ring (bicyclic) bond motifs is 1. The van der Waals surface area contributed by atoms with E-state index in [1.165, 1.54) is 10.9 Å². The molecule has 0 unspecified atom stereocenters. The molecule has 0 aromatic heterocycles. The molecule has 94 valence electrons. The van der Waals surface area contributed by atoms with Crippen LogP contribution in [0.2, 0.25) is 0 Å². The summed E-state index contributed by atoms with van der Waals surface area (Å²) in [6, 6.07) is 10.7. The molecule has 0 radical (unpaired) electrons. The molecule has 2 aromatic carbocycles. The van der Waals surface area contributed by atoms with Gasteiger partial charge in [0.1, 0.15) is 6.29 Å². The summed E-state index contributed by atoms with van der Waals surface area (Å²) in [7, 11) is 0. The Morgan fingerprint density at radius 1 is 0.889 bits per heavy atom. The van der Waals surface area contributed by atoms with Crippen LogP contribution in [0.4, 0.5) is 0 Å². The van der Waals surface area contributed by atoms with Crippen molar-refractivity contribution in [3.8, 4) is 0 Å². The zero-order valence-electron chi connectivity index (χ0n) is 11.5. The highest BCUT2D eigenvalue weighted by atomic mass is 16.1. The molecule has 1 heteroatoms. The van der Waals surface area contributed by atoms with Crippen LogP contribution < -0.4 is 0 Å². The summed E-state index contributed by atoms with van der Waals surface area (Å²) >= 11 is 0. The highest BCUT2D eigenvalue weighted by molar-refractivity contribution is 5.91. The number of hydrogen-bond acceptors (Lipinski definition) is 1. The van der Waals surface area contributed by atoms with Crippen LogP contribution in [0.5, 0.6) is 0 Å². The van der Waals surface area contributed by atoms with Crippen molar-refractivity contribution in [2.75, 3.05) is 0 Å². The zero-order chi connectivity index (χ0) is 13.3. The maximum atomic E-state index is 11.2. The predicted octanol–water partition coefficient (Wildman–Crippen LogP) is 4.90. The molecule has 0 N–H and O–H groups in total. The van der Waals surface area contributed by atoms with E-state index in [2.05, 4.69) is 52.0 Å². The van der Waals surface area contributed by atoms with Crippen molar-refractivity contribution in [2.45, 2.75) is 39.5 Å². The molecule has 2 rings (SSSR count). The summed E-state index contributed by atoms with van der Waals surface area (Å²) in [6.45, 7) is 8.65. The molecule has 18 heavy (non-hydrogen) atoms. The molecule has 0 heterocycles. The minimum absolute atomic E-state index is 0.373. The van der Waals surface area contributed by atoms with E-state index >= 15 is 0 Å². The first kappa shape index (κ1) is 12.8. The normalized spacial score (nSPS) is 11.4. The van der Waals surface area contributed by atoms with Gasteiger partial charge < -0.3 is 0 Å². The highest BCUT2D eigenvalue weighted by Gasteiger charge is 2.09. The number of hydrogen-bond donors (Lipinski definition) is 0. The van der Waals surface area contributed by atoms with E-state index in [9.17, 15) is 4.79 Å². The van der Waals surface area contributed by atoms with Gasteiger partial charge >= 0.3 is 0 Å². The van der Waals surface area contributed by atoms with Gasteiger partial charge in [-0.05, 0) is 39.8 Å². The van der Waals surface area contributed by atoms with Crippen LogP contribution in [0.1, 0.15) is 61.0 Å². The standard InChI is InChI=1S/C17H20O/c1-11(2)13-5-6-14-8-16(10-18)17(12(3)4)9-15(14)7-13/h5-12H,1-4H3. The Kier molecular flexibility index (Phi) is 3.51. The third-order valence-electron chi connectivity index (χ3n) is 3.48. The van der Waals surface area contributed by atoms with Crippen molar-refractivity contribution in [3.63, 3.8) is 0 Å². The van der Waals surface area contributed by atoms with E-state index in [1.54, 1.807) is 0 Å². The van der Waals surface area contributed by atoms with Gasteiger partial charge in [-0.1, -0.05) is 52.0 Å². The molecule has 0 aliphatic heterocycles. The van der Waals surface area contributed by atoms with E-state index in [0.29, 0.717) is 11.8 Å². The van der Waals surface area contributed by atoms with Gasteiger partial charge in [-0.3, -0.25) is 4.79 Å². The van der Waals surface area contributed by atoms with Crippen LogP contribution in [-0.4, -0.2) is 6.29 Å². The van der Waals surface area contributed by atoms with E-state index in [4.69, 9.17) is 0 Å². The molecule has 0 saturated carbocycles. The lowest BCUT2D eigenvalue weighted by Gasteiger charge is -2.12. The van der Waals surface area contributed by atoms with Gasteiger partial charge in [0, 0.05) is 5.56 Å². The fourth-order valence-electron chi connectivity index (χ4n) is 2.31. The topological polar surface area (TPSA) is 17.1 Å². The predicted molar refractivity (Wildman–Crippen MR) is 77.5 cm³/mol. The number of carbonyl (C=O) groups is 1. The Labute approximate surface area is 109 Å². The number of rotatable bonds is 3. The maximum Gasteiger partial charge on any atom is 0.150 e. The van der Waals surface area contributed by atoms with Crippen LogP contribution in [0, 0.1) is 0 Å². The van der Waals surface area contributed by atoms with Crippen molar-refractivity contribution in [3.05, 3.63) is 47.0 Å². The van der Waals surface area contributed by atoms with Crippen LogP contribution in [0.25, 0.3) is 10.8 Å². The second-order valence-corrected chi connectivity index (χ2v) is 5.51. The highest BCUT2D eigenvalue weighted by Crippen LogP contribution is 2.27. The lowest BCUT2D eigenvalue weighted by atomic mass is 9.92. The van der Waals surface area contributed by atoms with Crippen LogP contribution in [0.15, 0.2) is 30.3 Å². The summed E-state index contributed by atoms with van der Waals surface area (Å²) in [6.07, 6.45) is 0.963. The van der Waals surface area contributed by atoms with E-state index in [0.717, 1.165) is 22.8 Å². The van der Waals surface area contributed by atoms with E-state index in [-0.39, 0.29) is 0 Å². The second-order valence-electron chi connectivity index (χ2n) is 5.51. The quantitative estimate of drug-likeness (QED) is 0.697. The Morgan fingerprint density at radius 3 is 2.17 bits per heavy atom. The molecule has 0 atom stereocenters. The third-order valence-corrected chi connectivity index (χ3v) is 3.48. The fourth-order valence-corrected chi connectivity index (χ4v) is 2.31. The van der Waals surface area contributed by atoms with E-state index < -0.39 is 0 Å². The Bertz CT molecular complexity index is 579. The lowest BCUT2D eigenvalue weighted by Crippen LogP contribution is -1.96. The van der Waals surface area contributed by atoms with Gasteiger partial charge in [-0.2, -0.15) is 0 Å². The molecule has 0 bridgehead atoms. The number of aldehydes is 1. The second kappa shape index (κ2) is 4.93. The minimum atomic E-state index is 0.373. The molecule has 1 nitrogen and oxygen atoms in total. The molecule has 0 spiro atoms. The van der Waals surface area contributed by atoms with Crippen LogP contribution in [0.3, 0.4) is 0 Å². The number of benzene rings is 2. The third kappa shape index (κ3) is 2.31. The smallest absolute Gasteiger partial charge is 0.150 e. The molecule has 0 aliphatic carbocycles. The van der Waals surface area contributed by atoms with Crippen LogP contribution >= 0.6 is 0 Å². The van der Waals surface area contributed by atoms with Gasteiger partial charge in [-0.25, -0.2) is 0 Å². The summed E-state index contributed by atoms with van der Waals surface area (Å²) < 4.78 is 0. The summed E-state index contributed by atoms with van der Waals surface area (Å²) in [4.78, 5) is 11.2. The average Bonchev–Trinajstić information content (AvgIpc) is 2.36. The molecular weight excluding hydrogens is 220 g/mol. The Balaban J connectivity index is 2.68. The molecule has 0 fully saturated rings. The maximum absolute atomic E-state index is 11.2. The van der Waals surface area contributed by atoms with E-state index in [1.807, 2.05) is 6.07 Å². The Hall–Kier alpha value is -1.63. The van der Waals surface area contributed by atoms with Crippen molar-refractivity contribution >= 4 is 17.1 Å². The van der Waals surface area contributed by atoms with Gasteiger partial charge in [-0.15, -0.1) is 0 Å². The average molecular weight is 240 g/mol. The SMILES string of the molecule is CC(C)c1ccc2cc(C=O)c(C(C)C)cc2c1. The summed E-state index contributed by atoms with van der Waals surface area (Å²) in [5.74, 6) is 0.903. The first-order valence-corrected chi connectivity index (χ1v) is 6.55. The van der Waals surface area contributed by atoms with Crippen molar-refractivity contribution < 1.29 is 4.79 Å². The summed E-state index contributed by atoms with van der Waals surface area (Å²) in [5.41, 5.74) is 3.30. The van der Waals surface area contributed by atoms with Crippen molar-refractivity contribution in [1.82, 2.24) is 0 Å². The first-order valence-electron chi connectivity index (χ1n) is 6.55. The largest absolute Gasteiger partial charge is 0.298 e. The van der Waals surface area contributed by atoms with Crippen molar-refractivity contribution in [2.24, 2.45) is 0 Å². The fraction of sp³-hybridized carbons (Fsp3) is 0.353. The molecule has 0 amide bonds. The van der Waals surface area contributed by atoms with Crippen LogP contribution in [-0.2, 0) is 0 Å². The number of carbonyl (C=O) groups excluding carboxylic acids is 1. The van der Waals surface area contributed by atoms with Gasteiger partial charge in [0.25, 0.3) is 0 Å². The lowest BCUT2D eigenvalue weighted by molar-refractivity contribution is 0.112. The zero-order valence-corrected chi connectivity index (χ0v) is 11.5. The molecular formula is C17H20O. The molecule has 0 aliphatic rings. The van der Waals surface area contributed by atoms with Gasteiger partial charge in [0.05, 0.1) is 0 Å². The van der Waals surface area contributed by atoms with Crippen molar-refractivity contribution in [1.29, 1.82) is 0 Å². The van der Waals surface area contributed by atoms with Gasteiger partial charge in [0.2, 0.25) is 0 Å². The summed E-state index contributed by atoms with van der Waals surface area (Å²) in [5, 5.41) is 2.38. The monoisotopic (exact) mass is 240 g/mol. The Morgan fingerprint density at radius 2 is 1.61 bits per heavy atom. The van der Waals surface area contributed by atoms with Gasteiger partial charge in [0.15, 0.2) is 0 Å². The molecule has 2 aromatic rings. The molecule has 0 saturated heterocycles. The first-order chi connectivity index (χ1) is 8.52. The minimum Gasteiger partial charge on any atom is -0.298 e.